The predicted octanol–water partition coefficient (Wildman–Crippen LogP) is 0.263. The summed E-state index contributed by atoms with van der Waals surface area (Å²) < 4.78 is 55.9. The molecule has 0 aliphatic rings. The average Bonchev–Trinajstić information content (AvgIpc) is 2.45. The largest absolute Gasteiger partial charge is 0.385 e. The van der Waals surface area contributed by atoms with E-state index in [2.05, 4.69) is 4.72 Å². The first-order valence-electron chi connectivity index (χ1n) is 6.76. The van der Waals surface area contributed by atoms with Gasteiger partial charge in [-0.2, -0.15) is 0 Å². The molecular weight excluding hydrogens is 328 g/mol. The molecule has 0 heterocycles. The molecule has 1 aromatic carbocycles. The molecule has 0 saturated carbocycles. The van der Waals surface area contributed by atoms with Gasteiger partial charge in [-0.25, -0.2) is 25.9 Å². The molecular formula is C13H22N2O5S2. The molecule has 126 valence electrons. The van der Waals surface area contributed by atoms with E-state index in [-0.39, 0.29) is 18.0 Å². The van der Waals surface area contributed by atoms with Crippen LogP contribution < -0.4 is 4.72 Å². The number of hydrogen-bond donors (Lipinski definition) is 1. The smallest absolute Gasteiger partial charge is 0.240 e. The van der Waals surface area contributed by atoms with Crippen LogP contribution >= 0.6 is 0 Å². The van der Waals surface area contributed by atoms with Crippen molar-refractivity contribution in [3.05, 3.63) is 30.3 Å². The molecule has 0 aromatic heterocycles. The van der Waals surface area contributed by atoms with Gasteiger partial charge in [-0.15, -0.1) is 0 Å². The highest BCUT2D eigenvalue weighted by Gasteiger charge is 2.18. The molecule has 0 spiro atoms. The van der Waals surface area contributed by atoms with Gasteiger partial charge in [0, 0.05) is 33.4 Å². The van der Waals surface area contributed by atoms with Crippen molar-refractivity contribution in [2.24, 2.45) is 0 Å². The molecule has 9 heteroatoms. The Labute approximate surface area is 132 Å². The first-order chi connectivity index (χ1) is 10.3. The lowest BCUT2D eigenvalue weighted by atomic mass is 10.4. The van der Waals surface area contributed by atoms with Crippen molar-refractivity contribution in [1.29, 1.82) is 0 Å². The highest BCUT2D eigenvalue weighted by atomic mass is 32.2. The lowest BCUT2D eigenvalue weighted by molar-refractivity contribution is 0.187. The molecule has 0 bridgehead atoms. The first kappa shape index (κ1) is 19.0. The first-order valence-corrected chi connectivity index (χ1v) is 10.1. The molecule has 0 fully saturated rings. The van der Waals surface area contributed by atoms with Gasteiger partial charge in [-0.05, 0) is 18.6 Å². The number of methoxy groups -OCH3 is 1. The molecule has 0 atom stereocenters. The third kappa shape index (κ3) is 6.41. The zero-order valence-electron chi connectivity index (χ0n) is 12.7. The van der Waals surface area contributed by atoms with E-state index in [0.717, 1.165) is 6.26 Å². The average molecular weight is 350 g/mol. The number of ether oxygens (including phenoxy) is 1. The van der Waals surface area contributed by atoms with Crippen molar-refractivity contribution in [1.82, 2.24) is 9.03 Å². The van der Waals surface area contributed by atoms with Crippen molar-refractivity contribution in [2.45, 2.75) is 11.3 Å². The second kappa shape index (κ2) is 8.59. The highest BCUT2D eigenvalue weighted by Crippen LogP contribution is 2.07. The van der Waals surface area contributed by atoms with Gasteiger partial charge >= 0.3 is 0 Å². The Bertz CT molecular complexity index is 644. The molecule has 0 saturated heterocycles. The Kier molecular flexibility index (Phi) is 7.43. The summed E-state index contributed by atoms with van der Waals surface area (Å²) in [7, 11) is -5.47. The summed E-state index contributed by atoms with van der Waals surface area (Å²) in [6.45, 7) is 0.827. The number of nitrogens with one attached hydrogen (secondary N) is 1. The molecule has 1 aromatic rings. The summed E-state index contributed by atoms with van der Waals surface area (Å²) in [4.78, 5) is 0.153. The topological polar surface area (TPSA) is 92.8 Å². The lowest BCUT2D eigenvalue weighted by Gasteiger charge is -2.19. The fraction of sp³-hybridized carbons (Fsp3) is 0.538. The second-order valence-corrected chi connectivity index (χ2v) is 8.47. The van der Waals surface area contributed by atoms with E-state index in [9.17, 15) is 16.8 Å². The van der Waals surface area contributed by atoms with Crippen LogP contribution in [0, 0.1) is 0 Å². The van der Waals surface area contributed by atoms with Crippen LogP contribution in [-0.4, -0.2) is 60.7 Å². The SMILES string of the molecule is COCCCN(CCNS(=O)(=O)c1ccccc1)S(C)(=O)=O. The lowest BCUT2D eigenvalue weighted by Crippen LogP contribution is -2.38. The van der Waals surface area contributed by atoms with Gasteiger partial charge in [0.1, 0.15) is 0 Å². The maximum Gasteiger partial charge on any atom is 0.240 e. The molecule has 1 rings (SSSR count). The van der Waals surface area contributed by atoms with Crippen LogP contribution in [-0.2, 0) is 24.8 Å². The molecule has 0 radical (unpaired) electrons. The second-order valence-electron chi connectivity index (χ2n) is 4.72. The van der Waals surface area contributed by atoms with E-state index in [0.29, 0.717) is 19.6 Å². The van der Waals surface area contributed by atoms with Crippen molar-refractivity contribution in [3.8, 4) is 0 Å². The fourth-order valence-electron chi connectivity index (χ4n) is 1.82. The Morgan fingerprint density at radius 1 is 1.09 bits per heavy atom. The Hall–Kier alpha value is -1.00. The van der Waals surface area contributed by atoms with Gasteiger partial charge in [0.25, 0.3) is 0 Å². The van der Waals surface area contributed by atoms with Gasteiger partial charge in [-0.1, -0.05) is 18.2 Å². The summed E-state index contributed by atoms with van der Waals surface area (Å²) in [6.07, 6.45) is 1.65. The molecule has 7 nitrogen and oxygen atoms in total. The maximum atomic E-state index is 12.0. The zero-order chi connectivity index (χ0) is 16.6. The number of hydrogen-bond acceptors (Lipinski definition) is 5. The minimum absolute atomic E-state index is 0.0112. The van der Waals surface area contributed by atoms with Crippen molar-refractivity contribution >= 4 is 20.0 Å². The molecule has 0 amide bonds. The van der Waals surface area contributed by atoms with Crippen molar-refractivity contribution in [2.75, 3.05) is 39.6 Å². The number of nitrogens with zero attached hydrogens (tertiary/aromatic N) is 1. The Balaban J connectivity index is 2.59. The number of benzene rings is 1. The van der Waals surface area contributed by atoms with E-state index < -0.39 is 20.0 Å². The summed E-state index contributed by atoms with van der Waals surface area (Å²) in [5.41, 5.74) is 0. The van der Waals surface area contributed by atoms with Crippen LogP contribution in [0.15, 0.2) is 35.2 Å². The molecule has 0 unspecified atom stereocenters. The number of rotatable bonds is 10. The Morgan fingerprint density at radius 3 is 2.27 bits per heavy atom. The molecule has 0 aliphatic carbocycles. The standard InChI is InChI=1S/C13H22N2O5S2/c1-20-12-6-10-15(21(2,16)17)11-9-14-22(18,19)13-7-4-3-5-8-13/h3-5,7-8,14H,6,9-12H2,1-2H3. The van der Waals surface area contributed by atoms with Gasteiger partial charge in [0.2, 0.25) is 20.0 Å². The maximum absolute atomic E-state index is 12.0. The predicted molar refractivity (Wildman–Crippen MR) is 84.5 cm³/mol. The van der Waals surface area contributed by atoms with E-state index in [1.807, 2.05) is 0 Å². The molecule has 0 aliphatic heterocycles. The van der Waals surface area contributed by atoms with Crippen LogP contribution in [0.5, 0.6) is 0 Å². The summed E-state index contributed by atoms with van der Waals surface area (Å²) in [5.74, 6) is 0. The molecule has 1 N–H and O–H groups in total. The zero-order valence-corrected chi connectivity index (χ0v) is 14.4. The van der Waals surface area contributed by atoms with Gasteiger partial charge in [-0.3, -0.25) is 0 Å². The van der Waals surface area contributed by atoms with Crippen LogP contribution in [0.25, 0.3) is 0 Å². The van der Waals surface area contributed by atoms with Gasteiger partial charge in [0.15, 0.2) is 0 Å². The van der Waals surface area contributed by atoms with Crippen LogP contribution in [0.2, 0.25) is 0 Å². The van der Waals surface area contributed by atoms with Crippen LogP contribution in [0.1, 0.15) is 6.42 Å². The summed E-state index contributed by atoms with van der Waals surface area (Å²) in [5, 5.41) is 0. The van der Waals surface area contributed by atoms with Gasteiger partial charge < -0.3 is 4.74 Å². The quantitative estimate of drug-likeness (QED) is 0.611. The van der Waals surface area contributed by atoms with E-state index in [4.69, 9.17) is 4.74 Å². The van der Waals surface area contributed by atoms with Crippen molar-refractivity contribution in [3.63, 3.8) is 0 Å². The Morgan fingerprint density at radius 2 is 1.73 bits per heavy atom. The fourth-order valence-corrected chi connectivity index (χ4v) is 3.74. The summed E-state index contributed by atoms with van der Waals surface area (Å²) in [6, 6.07) is 7.94. The van der Waals surface area contributed by atoms with Crippen LogP contribution in [0.4, 0.5) is 0 Å². The van der Waals surface area contributed by atoms with Gasteiger partial charge in [0.05, 0.1) is 11.2 Å². The van der Waals surface area contributed by atoms with E-state index >= 15 is 0 Å². The van der Waals surface area contributed by atoms with Crippen LogP contribution in [0.3, 0.4) is 0 Å². The minimum atomic E-state index is -3.62. The highest BCUT2D eigenvalue weighted by molar-refractivity contribution is 7.89. The summed E-state index contributed by atoms with van der Waals surface area (Å²) >= 11 is 0. The van der Waals surface area contributed by atoms with Crippen molar-refractivity contribution < 1.29 is 21.6 Å². The van der Waals surface area contributed by atoms with E-state index in [1.165, 1.54) is 16.4 Å². The third-order valence-corrected chi connectivity index (χ3v) is 5.71. The van der Waals surface area contributed by atoms with E-state index in [1.54, 1.807) is 25.3 Å². The number of sulfonamides is 2. The minimum Gasteiger partial charge on any atom is -0.385 e. The third-order valence-electron chi connectivity index (χ3n) is 2.93. The molecule has 22 heavy (non-hydrogen) atoms. The monoisotopic (exact) mass is 350 g/mol. The normalized spacial score (nSPS) is 12.7.